The second-order valence-electron chi connectivity index (χ2n) is 15.5. The fourth-order valence-corrected chi connectivity index (χ4v) is 10.2. The summed E-state index contributed by atoms with van der Waals surface area (Å²) in [5.41, 5.74) is 2.18. The number of aromatic hydroxyl groups is 1. The Kier molecular flexibility index (Phi) is 9.75. The number of phenols is 1. The lowest BCUT2D eigenvalue weighted by molar-refractivity contribution is -0.128. The van der Waals surface area contributed by atoms with Gasteiger partial charge < -0.3 is 14.6 Å². The average Bonchev–Trinajstić information content (AvgIpc) is 3.67. The molecule has 0 radical (unpaired) electrons. The molecule has 11 heteroatoms. The second-order valence-corrected chi connectivity index (χ2v) is 16.0. The summed E-state index contributed by atoms with van der Waals surface area (Å²) in [4.78, 5) is 75.2. The van der Waals surface area contributed by atoms with Gasteiger partial charge in [-0.25, -0.2) is 4.90 Å². The standard InChI is InChI=1S/C49H39ClN2O8/c1-59-40-24-28(25-41(60-2)44(40)54)16-23-38-35-21-22-36-42(47(57)51(45(36)55)33-19-17-30(18-20-33)43(53)29-10-5-3-6-11-29)37(35)27-39-46(56)52(34-15-9-14-32(50)26-34)48(58)49(38,39)31-12-7-4-8-13-31/h3-21,23-26,36-39,42,54H,22,27H2,1-2H3. The number of hydrogen-bond donors (Lipinski definition) is 1. The fourth-order valence-electron chi connectivity index (χ4n) is 9.98. The summed E-state index contributed by atoms with van der Waals surface area (Å²) in [6.07, 6.45) is 6.04. The Balaban J connectivity index is 1.16. The number of carbonyl (C=O) groups excluding carboxylic acids is 5. The number of ether oxygens (including phenoxy) is 2. The number of methoxy groups -OCH3 is 2. The van der Waals surface area contributed by atoms with Crippen LogP contribution in [0.3, 0.4) is 0 Å². The number of halogens is 1. The molecule has 10 nitrogen and oxygen atoms in total. The molecule has 0 bridgehead atoms. The van der Waals surface area contributed by atoms with E-state index in [9.17, 15) is 19.5 Å². The Hall–Kier alpha value is -6.78. The predicted octanol–water partition coefficient (Wildman–Crippen LogP) is 8.21. The summed E-state index contributed by atoms with van der Waals surface area (Å²) < 4.78 is 10.9. The zero-order chi connectivity index (χ0) is 41.9. The maximum absolute atomic E-state index is 15.4. The van der Waals surface area contributed by atoms with Crippen LogP contribution in [0.2, 0.25) is 5.02 Å². The van der Waals surface area contributed by atoms with Crippen LogP contribution in [0.15, 0.2) is 139 Å². The number of phenolic OH excluding ortho intramolecular Hbond substituents is 1. The first-order valence-corrected chi connectivity index (χ1v) is 20.1. The van der Waals surface area contributed by atoms with E-state index in [1.54, 1.807) is 91.0 Å². The highest BCUT2D eigenvalue weighted by molar-refractivity contribution is 6.32. The van der Waals surface area contributed by atoms with Crippen molar-refractivity contribution in [1.82, 2.24) is 0 Å². The topological polar surface area (TPSA) is 131 Å². The number of ketones is 1. The fraction of sp³-hybridized carbons (Fsp3) is 0.204. The molecule has 300 valence electrons. The van der Waals surface area contributed by atoms with Gasteiger partial charge in [0.05, 0.1) is 48.8 Å². The van der Waals surface area contributed by atoms with Crippen LogP contribution >= 0.6 is 11.6 Å². The smallest absolute Gasteiger partial charge is 0.246 e. The molecule has 2 saturated heterocycles. The van der Waals surface area contributed by atoms with Gasteiger partial charge in [-0.05, 0) is 84.5 Å². The summed E-state index contributed by atoms with van der Waals surface area (Å²) in [7, 11) is 2.86. The lowest BCUT2D eigenvalue weighted by Gasteiger charge is -2.49. The molecule has 6 unspecified atom stereocenters. The van der Waals surface area contributed by atoms with E-state index >= 15 is 9.59 Å². The molecule has 1 saturated carbocycles. The van der Waals surface area contributed by atoms with E-state index < -0.39 is 52.7 Å². The number of amides is 4. The number of fused-ring (bicyclic) bond motifs is 4. The number of allylic oxidation sites excluding steroid dienone is 3. The molecule has 1 N–H and O–H groups in total. The predicted molar refractivity (Wildman–Crippen MR) is 226 cm³/mol. The van der Waals surface area contributed by atoms with Crippen molar-refractivity contribution in [1.29, 1.82) is 0 Å². The molecule has 4 aliphatic rings. The number of benzene rings is 5. The normalized spacial score (nSPS) is 24.6. The Morgan fingerprint density at radius 1 is 0.733 bits per heavy atom. The molecule has 4 amide bonds. The van der Waals surface area contributed by atoms with Crippen LogP contribution in [-0.2, 0) is 24.6 Å². The minimum absolute atomic E-state index is 0.131. The van der Waals surface area contributed by atoms with Gasteiger partial charge in [0.2, 0.25) is 29.4 Å². The molecule has 3 fully saturated rings. The van der Waals surface area contributed by atoms with Crippen molar-refractivity contribution in [2.45, 2.75) is 18.3 Å². The van der Waals surface area contributed by atoms with Crippen molar-refractivity contribution in [3.63, 3.8) is 0 Å². The third kappa shape index (κ3) is 5.96. The SMILES string of the molecule is COc1cc(C=CC2C3=CCC4C(=O)N(c5ccc(C(=O)c6ccccc6)cc5)C(=O)C4C3CC3C(=O)N(c4cccc(Cl)c4)C(=O)C23c2ccccc2)cc(OC)c1O. The summed E-state index contributed by atoms with van der Waals surface area (Å²) in [6, 6.07) is 34.5. The van der Waals surface area contributed by atoms with Crippen molar-refractivity contribution >= 4 is 58.5 Å². The van der Waals surface area contributed by atoms with E-state index in [1.807, 2.05) is 48.6 Å². The van der Waals surface area contributed by atoms with Crippen LogP contribution in [0.25, 0.3) is 6.08 Å². The maximum atomic E-state index is 15.4. The van der Waals surface area contributed by atoms with E-state index in [0.29, 0.717) is 38.7 Å². The molecule has 0 spiro atoms. The van der Waals surface area contributed by atoms with Crippen LogP contribution in [-0.4, -0.2) is 48.7 Å². The number of carbonyl (C=O) groups is 5. The number of hydrogen-bond acceptors (Lipinski definition) is 8. The summed E-state index contributed by atoms with van der Waals surface area (Å²) in [6.45, 7) is 0. The Bertz CT molecular complexity index is 2620. The van der Waals surface area contributed by atoms with Gasteiger partial charge in [0.15, 0.2) is 17.3 Å². The summed E-state index contributed by atoms with van der Waals surface area (Å²) in [5, 5.41) is 11.0. The third-order valence-corrected chi connectivity index (χ3v) is 12.9. The molecule has 2 heterocycles. The van der Waals surface area contributed by atoms with Crippen molar-refractivity contribution < 1.29 is 38.6 Å². The number of rotatable bonds is 9. The highest BCUT2D eigenvalue weighted by atomic mass is 35.5. The van der Waals surface area contributed by atoms with Gasteiger partial charge in [0.25, 0.3) is 0 Å². The molecule has 6 atom stereocenters. The monoisotopic (exact) mass is 818 g/mol. The van der Waals surface area contributed by atoms with E-state index in [4.69, 9.17) is 21.1 Å². The van der Waals surface area contributed by atoms with Crippen molar-refractivity contribution in [3.8, 4) is 17.2 Å². The number of imide groups is 2. The van der Waals surface area contributed by atoms with E-state index in [0.717, 1.165) is 5.57 Å². The van der Waals surface area contributed by atoms with Crippen molar-refractivity contribution in [3.05, 3.63) is 166 Å². The lowest BCUT2D eigenvalue weighted by Crippen LogP contribution is -2.54. The molecule has 5 aromatic carbocycles. The molecule has 9 rings (SSSR count). The lowest BCUT2D eigenvalue weighted by atomic mass is 9.50. The molecule has 2 aliphatic carbocycles. The first-order valence-electron chi connectivity index (χ1n) is 19.7. The molecule has 0 aromatic heterocycles. The Morgan fingerprint density at radius 3 is 2.03 bits per heavy atom. The molecule has 2 aliphatic heterocycles. The van der Waals surface area contributed by atoms with E-state index in [-0.39, 0.29) is 41.8 Å². The minimum atomic E-state index is -1.45. The van der Waals surface area contributed by atoms with Gasteiger partial charge in [-0.1, -0.05) is 102 Å². The molecule has 5 aromatic rings. The van der Waals surface area contributed by atoms with Crippen LogP contribution in [0.4, 0.5) is 11.4 Å². The van der Waals surface area contributed by atoms with Gasteiger partial charge in [-0.2, -0.15) is 0 Å². The number of anilines is 2. The maximum Gasteiger partial charge on any atom is 0.246 e. The summed E-state index contributed by atoms with van der Waals surface area (Å²) >= 11 is 6.44. The average molecular weight is 819 g/mol. The van der Waals surface area contributed by atoms with Crippen LogP contribution in [0.1, 0.15) is 39.9 Å². The highest BCUT2D eigenvalue weighted by Crippen LogP contribution is 2.62. The largest absolute Gasteiger partial charge is 0.502 e. The summed E-state index contributed by atoms with van der Waals surface area (Å²) in [5.74, 6) is -5.40. The second kappa shape index (κ2) is 15.1. The Labute approximate surface area is 351 Å². The Morgan fingerprint density at radius 2 is 1.38 bits per heavy atom. The first kappa shape index (κ1) is 38.7. The van der Waals surface area contributed by atoms with E-state index in [2.05, 4.69) is 0 Å². The number of nitrogens with zero attached hydrogens (tertiary/aromatic N) is 2. The highest BCUT2D eigenvalue weighted by Gasteiger charge is 2.69. The third-order valence-electron chi connectivity index (χ3n) is 12.6. The van der Waals surface area contributed by atoms with Crippen LogP contribution in [0.5, 0.6) is 17.2 Å². The van der Waals surface area contributed by atoms with Crippen LogP contribution < -0.4 is 19.3 Å². The molecule has 60 heavy (non-hydrogen) atoms. The van der Waals surface area contributed by atoms with Gasteiger partial charge in [-0.15, -0.1) is 0 Å². The van der Waals surface area contributed by atoms with Gasteiger partial charge in [0.1, 0.15) is 0 Å². The zero-order valence-electron chi connectivity index (χ0n) is 32.7. The zero-order valence-corrected chi connectivity index (χ0v) is 33.4. The molecular weight excluding hydrogens is 780 g/mol. The molecular formula is C49H39ClN2O8. The quantitative estimate of drug-likeness (QED) is 0.0896. The van der Waals surface area contributed by atoms with Gasteiger partial charge in [0, 0.05) is 22.1 Å². The van der Waals surface area contributed by atoms with E-state index in [1.165, 1.54) is 24.0 Å². The van der Waals surface area contributed by atoms with Crippen molar-refractivity contribution in [2.75, 3.05) is 24.0 Å². The van der Waals surface area contributed by atoms with Crippen molar-refractivity contribution in [2.24, 2.45) is 29.6 Å². The van der Waals surface area contributed by atoms with Crippen LogP contribution in [0, 0.1) is 29.6 Å². The van der Waals surface area contributed by atoms with Gasteiger partial charge >= 0.3 is 0 Å². The first-order chi connectivity index (χ1) is 29.1. The van der Waals surface area contributed by atoms with Gasteiger partial charge in [-0.3, -0.25) is 28.9 Å². The minimum Gasteiger partial charge on any atom is -0.502 e.